The minimum absolute atomic E-state index is 0.0682. The van der Waals surface area contributed by atoms with Crippen molar-refractivity contribution in [3.8, 4) is 5.75 Å². The molecule has 0 heterocycles. The molecule has 1 aromatic rings. The van der Waals surface area contributed by atoms with Gasteiger partial charge in [-0.1, -0.05) is 24.8 Å². The molecule has 2 bridgehead atoms. The largest absolute Gasteiger partial charge is 0.514 e. The summed E-state index contributed by atoms with van der Waals surface area (Å²) < 4.78 is 10.6. The van der Waals surface area contributed by atoms with E-state index in [1.165, 1.54) is 19.3 Å². The quantitative estimate of drug-likeness (QED) is 0.606. The number of hydrogen-bond donors (Lipinski definition) is 0. The third-order valence-electron chi connectivity index (χ3n) is 4.24. The molecule has 3 nitrogen and oxygen atoms in total. The molecule has 2 saturated carbocycles. The molecule has 0 spiro atoms. The zero-order valence-corrected chi connectivity index (χ0v) is 10.9. The molecule has 3 rings (SSSR count). The molecule has 0 radical (unpaired) electrons. The topological polar surface area (TPSA) is 35.5 Å². The molecule has 1 aromatic carbocycles. The Kier molecular flexibility index (Phi) is 3.28. The number of hydrogen-bond acceptors (Lipinski definition) is 3. The van der Waals surface area contributed by atoms with Crippen molar-refractivity contribution in [3.05, 3.63) is 36.4 Å². The van der Waals surface area contributed by atoms with E-state index in [0.717, 1.165) is 17.9 Å². The van der Waals surface area contributed by atoms with Crippen LogP contribution in [0.2, 0.25) is 0 Å². The fraction of sp³-hybridized carbons (Fsp3) is 0.438. The fourth-order valence-corrected chi connectivity index (χ4v) is 3.25. The first kappa shape index (κ1) is 12.3. The Morgan fingerprint density at radius 3 is 2.58 bits per heavy atom. The maximum Gasteiger partial charge on any atom is 0.514 e. The standard InChI is InChI=1S/C16H18O3/c1-2-11-4-7-14(8-5-11)18-16(17)19-15-10-12-3-6-13(15)9-12/h2,4-5,7-8,12-13,15H,1,3,6,9-10H2. The Morgan fingerprint density at radius 2 is 2.00 bits per heavy atom. The summed E-state index contributed by atoms with van der Waals surface area (Å²) in [6, 6.07) is 7.21. The number of carbonyl (C=O) groups excluding carboxylic acids is 1. The average Bonchev–Trinajstić information content (AvgIpc) is 3.02. The van der Waals surface area contributed by atoms with E-state index in [4.69, 9.17) is 9.47 Å². The van der Waals surface area contributed by atoms with Crippen LogP contribution in [-0.4, -0.2) is 12.3 Å². The lowest BCUT2D eigenvalue weighted by Crippen LogP contribution is -2.25. The zero-order valence-electron chi connectivity index (χ0n) is 10.9. The molecule has 0 saturated heterocycles. The molecule has 100 valence electrons. The molecule has 2 aliphatic rings. The second-order valence-corrected chi connectivity index (χ2v) is 5.46. The van der Waals surface area contributed by atoms with Crippen LogP contribution in [0.1, 0.15) is 31.2 Å². The van der Waals surface area contributed by atoms with Crippen molar-refractivity contribution in [3.63, 3.8) is 0 Å². The number of rotatable bonds is 3. The highest BCUT2D eigenvalue weighted by Crippen LogP contribution is 2.45. The smallest absolute Gasteiger partial charge is 0.430 e. The number of carbonyl (C=O) groups is 1. The third kappa shape index (κ3) is 2.65. The van der Waals surface area contributed by atoms with Crippen LogP contribution in [0.15, 0.2) is 30.8 Å². The van der Waals surface area contributed by atoms with Crippen LogP contribution >= 0.6 is 0 Å². The second kappa shape index (κ2) is 5.08. The lowest BCUT2D eigenvalue weighted by atomic mass is 9.98. The van der Waals surface area contributed by atoms with Crippen LogP contribution in [0.3, 0.4) is 0 Å². The van der Waals surface area contributed by atoms with E-state index in [1.54, 1.807) is 18.2 Å². The average molecular weight is 258 g/mol. The first-order valence-corrected chi connectivity index (χ1v) is 6.85. The van der Waals surface area contributed by atoms with Gasteiger partial charge in [-0.3, -0.25) is 0 Å². The summed E-state index contributed by atoms with van der Waals surface area (Å²) in [6.45, 7) is 3.68. The van der Waals surface area contributed by atoms with Gasteiger partial charge in [-0.25, -0.2) is 4.79 Å². The molecule has 2 aliphatic carbocycles. The van der Waals surface area contributed by atoms with Crippen LogP contribution in [-0.2, 0) is 4.74 Å². The Bertz CT molecular complexity index is 477. The maximum absolute atomic E-state index is 11.7. The SMILES string of the molecule is C=Cc1ccc(OC(=O)OC2CC3CCC2C3)cc1. The summed E-state index contributed by atoms with van der Waals surface area (Å²) in [5, 5.41) is 0. The van der Waals surface area contributed by atoms with E-state index in [1.807, 2.05) is 12.1 Å². The van der Waals surface area contributed by atoms with Gasteiger partial charge in [0.05, 0.1) is 0 Å². The van der Waals surface area contributed by atoms with E-state index in [-0.39, 0.29) is 6.10 Å². The lowest BCUT2D eigenvalue weighted by molar-refractivity contribution is 0.0332. The third-order valence-corrected chi connectivity index (χ3v) is 4.24. The lowest BCUT2D eigenvalue weighted by Gasteiger charge is -2.21. The Labute approximate surface area is 113 Å². The van der Waals surface area contributed by atoms with Crippen molar-refractivity contribution >= 4 is 12.2 Å². The summed E-state index contributed by atoms with van der Waals surface area (Å²) in [5.41, 5.74) is 0.994. The maximum atomic E-state index is 11.7. The minimum atomic E-state index is -0.580. The molecule has 0 aliphatic heterocycles. The van der Waals surface area contributed by atoms with Crippen LogP contribution in [0.5, 0.6) is 5.75 Å². The van der Waals surface area contributed by atoms with Crippen molar-refractivity contribution in [1.29, 1.82) is 0 Å². The summed E-state index contributed by atoms with van der Waals surface area (Å²) in [7, 11) is 0. The normalized spacial score (nSPS) is 28.1. The van der Waals surface area contributed by atoms with Gasteiger partial charge in [-0.15, -0.1) is 0 Å². The molecular weight excluding hydrogens is 240 g/mol. The van der Waals surface area contributed by atoms with E-state index in [2.05, 4.69) is 6.58 Å². The zero-order chi connectivity index (χ0) is 13.2. The van der Waals surface area contributed by atoms with E-state index < -0.39 is 6.16 Å². The predicted octanol–water partition coefficient (Wildman–Crippen LogP) is 4.03. The highest BCUT2D eigenvalue weighted by molar-refractivity contribution is 5.64. The van der Waals surface area contributed by atoms with Gasteiger partial charge >= 0.3 is 6.16 Å². The number of fused-ring (bicyclic) bond motifs is 2. The van der Waals surface area contributed by atoms with Crippen LogP contribution in [0, 0.1) is 11.8 Å². The van der Waals surface area contributed by atoms with Gasteiger partial charge in [-0.2, -0.15) is 0 Å². The predicted molar refractivity (Wildman–Crippen MR) is 72.9 cm³/mol. The highest BCUT2D eigenvalue weighted by atomic mass is 16.7. The van der Waals surface area contributed by atoms with Crippen LogP contribution in [0.4, 0.5) is 4.79 Å². The summed E-state index contributed by atoms with van der Waals surface area (Å²) in [6.07, 6.45) is 5.94. The minimum Gasteiger partial charge on any atom is -0.430 e. The molecule has 0 amide bonds. The summed E-state index contributed by atoms with van der Waals surface area (Å²) in [4.78, 5) is 11.7. The fourth-order valence-electron chi connectivity index (χ4n) is 3.25. The molecule has 3 unspecified atom stereocenters. The van der Waals surface area contributed by atoms with Gasteiger partial charge in [-0.05, 0) is 55.2 Å². The first-order valence-electron chi connectivity index (χ1n) is 6.85. The summed E-state index contributed by atoms with van der Waals surface area (Å²) >= 11 is 0. The van der Waals surface area contributed by atoms with E-state index in [0.29, 0.717) is 11.7 Å². The van der Waals surface area contributed by atoms with E-state index in [9.17, 15) is 4.79 Å². The molecular formula is C16H18O3. The number of ether oxygens (including phenoxy) is 2. The Hall–Kier alpha value is -1.77. The molecule has 3 atom stereocenters. The van der Waals surface area contributed by atoms with Crippen LogP contribution < -0.4 is 4.74 Å². The molecule has 3 heteroatoms. The Morgan fingerprint density at radius 1 is 1.21 bits per heavy atom. The molecule has 2 fully saturated rings. The van der Waals surface area contributed by atoms with Gasteiger partial charge < -0.3 is 9.47 Å². The highest BCUT2D eigenvalue weighted by Gasteiger charge is 2.42. The number of benzene rings is 1. The van der Waals surface area contributed by atoms with Crippen molar-refractivity contribution in [1.82, 2.24) is 0 Å². The van der Waals surface area contributed by atoms with Gasteiger partial charge in [0.2, 0.25) is 0 Å². The van der Waals surface area contributed by atoms with Crippen molar-refractivity contribution in [2.24, 2.45) is 11.8 Å². The molecule has 0 aromatic heterocycles. The molecule has 19 heavy (non-hydrogen) atoms. The van der Waals surface area contributed by atoms with Crippen LogP contribution in [0.25, 0.3) is 6.08 Å². The Balaban J connectivity index is 1.54. The van der Waals surface area contributed by atoms with Gasteiger partial charge in [0.15, 0.2) is 0 Å². The van der Waals surface area contributed by atoms with Crippen molar-refractivity contribution in [2.45, 2.75) is 31.8 Å². The first-order chi connectivity index (χ1) is 9.24. The van der Waals surface area contributed by atoms with Gasteiger partial charge in [0, 0.05) is 0 Å². The van der Waals surface area contributed by atoms with Crippen molar-refractivity contribution in [2.75, 3.05) is 0 Å². The van der Waals surface area contributed by atoms with Crippen molar-refractivity contribution < 1.29 is 14.3 Å². The summed E-state index contributed by atoms with van der Waals surface area (Å²) in [5.74, 6) is 1.83. The van der Waals surface area contributed by atoms with E-state index >= 15 is 0 Å². The van der Waals surface area contributed by atoms with Gasteiger partial charge in [0.25, 0.3) is 0 Å². The second-order valence-electron chi connectivity index (χ2n) is 5.46. The molecule has 0 N–H and O–H groups in total. The monoisotopic (exact) mass is 258 g/mol. The van der Waals surface area contributed by atoms with Gasteiger partial charge in [0.1, 0.15) is 11.9 Å².